The van der Waals surface area contributed by atoms with Crippen LogP contribution >= 0.6 is 0 Å². The van der Waals surface area contributed by atoms with Crippen molar-refractivity contribution in [2.45, 2.75) is 44.8 Å². The molecular formula is C26H31FO6. The van der Waals surface area contributed by atoms with Crippen LogP contribution in [0.2, 0.25) is 0 Å². The minimum Gasteiger partial charge on any atom is -0.493 e. The van der Waals surface area contributed by atoms with E-state index < -0.39 is 18.2 Å². The monoisotopic (exact) mass is 458 g/mol. The molecule has 0 unspecified atom stereocenters. The fraction of sp³-hybridized carbons (Fsp3) is 0.423. The van der Waals surface area contributed by atoms with E-state index in [1.807, 2.05) is 12.1 Å². The van der Waals surface area contributed by atoms with Gasteiger partial charge in [-0.3, -0.25) is 4.79 Å². The van der Waals surface area contributed by atoms with E-state index in [4.69, 9.17) is 18.9 Å². The lowest BCUT2D eigenvalue weighted by Crippen LogP contribution is -2.31. The summed E-state index contributed by atoms with van der Waals surface area (Å²) < 4.78 is 36.0. The van der Waals surface area contributed by atoms with Crippen LogP contribution in [0.15, 0.2) is 36.4 Å². The van der Waals surface area contributed by atoms with E-state index in [0.29, 0.717) is 31.1 Å². The fourth-order valence-corrected chi connectivity index (χ4v) is 3.89. The molecule has 178 valence electrons. The number of cyclic esters (lactones) is 1. The molecule has 1 aliphatic rings. The number of ether oxygens (including phenoxy) is 4. The fourth-order valence-electron chi connectivity index (χ4n) is 3.89. The van der Waals surface area contributed by atoms with Crippen LogP contribution in [0.25, 0.3) is 17.2 Å². The maximum absolute atomic E-state index is 13.7. The topological polar surface area (TPSA) is 74.2 Å². The van der Waals surface area contributed by atoms with Gasteiger partial charge in [-0.1, -0.05) is 32.1 Å². The van der Waals surface area contributed by atoms with Gasteiger partial charge in [0.1, 0.15) is 18.5 Å². The minimum absolute atomic E-state index is 0.00242. The third-order valence-corrected chi connectivity index (χ3v) is 5.49. The number of benzene rings is 2. The summed E-state index contributed by atoms with van der Waals surface area (Å²) in [5.74, 6) is 0.444. The Labute approximate surface area is 193 Å². The molecule has 2 atom stereocenters. The van der Waals surface area contributed by atoms with Gasteiger partial charge in [-0.05, 0) is 46.9 Å². The lowest BCUT2D eigenvalue weighted by molar-refractivity contribution is -0.156. The van der Waals surface area contributed by atoms with Gasteiger partial charge in [-0.15, -0.1) is 0 Å². The normalized spacial score (nSPS) is 18.6. The minimum atomic E-state index is -0.731. The highest BCUT2D eigenvalue weighted by atomic mass is 19.1. The van der Waals surface area contributed by atoms with E-state index in [0.717, 1.165) is 22.3 Å². The second kappa shape index (κ2) is 11.3. The number of hydrogen-bond acceptors (Lipinski definition) is 6. The number of carbonyl (C=O) groups is 1. The number of esters is 1. The summed E-state index contributed by atoms with van der Waals surface area (Å²) in [4.78, 5) is 11.8. The van der Waals surface area contributed by atoms with Crippen LogP contribution in [0.4, 0.5) is 4.39 Å². The quantitative estimate of drug-likeness (QED) is 0.433. The summed E-state index contributed by atoms with van der Waals surface area (Å²) in [5.41, 5.74) is 3.34. The first kappa shape index (κ1) is 24.7. The number of aliphatic hydroxyl groups excluding tert-OH is 1. The predicted octanol–water partition coefficient (Wildman–Crippen LogP) is 4.73. The molecule has 0 radical (unpaired) electrons. The molecule has 0 spiro atoms. The van der Waals surface area contributed by atoms with Crippen molar-refractivity contribution in [3.8, 4) is 22.6 Å². The van der Waals surface area contributed by atoms with E-state index in [9.17, 15) is 14.3 Å². The average Bonchev–Trinajstić information content (AvgIpc) is 2.77. The van der Waals surface area contributed by atoms with Crippen molar-refractivity contribution in [3.05, 3.63) is 53.4 Å². The molecule has 1 aliphatic heterocycles. The van der Waals surface area contributed by atoms with Crippen LogP contribution in [-0.4, -0.2) is 50.7 Å². The van der Waals surface area contributed by atoms with Gasteiger partial charge in [0.25, 0.3) is 0 Å². The predicted molar refractivity (Wildman–Crippen MR) is 124 cm³/mol. The third-order valence-electron chi connectivity index (χ3n) is 5.49. The molecule has 1 heterocycles. The van der Waals surface area contributed by atoms with Crippen LogP contribution in [0, 0.1) is 5.82 Å². The van der Waals surface area contributed by atoms with Crippen molar-refractivity contribution in [2.24, 2.45) is 0 Å². The molecule has 1 saturated heterocycles. The Morgan fingerprint density at radius 1 is 1.21 bits per heavy atom. The van der Waals surface area contributed by atoms with E-state index in [-0.39, 0.29) is 18.2 Å². The first-order chi connectivity index (χ1) is 15.8. The highest BCUT2D eigenvalue weighted by molar-refractivity contribution is 5.85. The average molecular weight is 459 g/mol. The third kappa shape index (κ3) is 6.12. The zero-order valence-electron chi connectivity index (χ0n) is 19.5. The van der Waals surface area contributed by atoms with Crippen LogP contribution in [0.5, 0.6) is 11.5 Å². The molecule has 1 N–H and O–H groups in total. The van der Waals surface area contributed by atoms with Gasteiger partial charge in [-0.2, -0.15) is 0 Å². The Hall–Kier alpha value is -2.90. The molecule has 0 aliphatic carbocycles. The number of halogens is 1. The molecule has 7 heteroatoms. The Bertz CT molecular complexity index is 983. The van der Waals surface area contributed by atoms with Gasteiger partial charge < -0.3 is 24.1 Å². The van der Waals surface area contributed by atoms with Crippen molar-refractivity contribution in [2.75, 3.05) is 27.4 Å². The zero-order valence-corrected chi connectivity index (χ0v) is 19.5. The maximum atomic E-state index is 13.7. The summed E-state index contributed by atoms with van der Waals surface area (Å²) >= 11 is 0. The van der Waals surface area contributed by atoms with Gasteiger partial charge in [0.2, 0.25) is 0 Å². The molecule has 33 heavy (non-hydrogen) atoms. The van der Waals surface area contributed by atoms with Crippen molar-refractivity contribution >= 4 is 12.0 Å². The molecule has 0 aromatic heterocycles. The van der Waals surface area contributed by atoms with Crippen molar-refractivity contribution in [1.29, 1.82) is 0 Å². The van der Waals surface area contributed by atoms with Crippen LogP contribution in [0.3, 0.4) is 0 Å². The number of aliphatic hydroxyl groups is 1. The number of hydrogen-bond donors (Lipinski definition) is 1. The molecule has 1 fully saturated rings. The van der Waals surface area contributed by atoms with Gasteiger partial charge in [-0.25, -0.2) is 4.39 Å². The van der Waals surface area contributed by atoms with Crippen LogP contribution < -0.4 is 9.47 Å². The Kier molecular flexibility index (Phi) is 8.47. The van der Waals surface area contributed by atoms with E-state index >= 15 is 0 Å². The zero-order chi connectivity index (χ0) is 24.0. The highest BCUT2D eigenvalue weighted by Crippen LogP contribution is 2.45. The molecule has 2 aromatic carbocycles. The largest absolute Gasteiger partial charge is 0.493 e. The highest BCUT2D eigenvalue weighted by Gasteiger charge is 2.26. The molecule has 3 rings (SSSR count). The number of rotatable bonds is 9. The molecule has 6 nitrogen and oxygen atoms in total. The molecule has 2 aromatic rings. The first-order valence-corrected chi connectivity index (χ1v) is 11.0. The Morgan fingerprint density at radius 2 is 1.94 bits per heavy atom. The van der Waals surface area contributed by atoms with Crippen molar-refractivity contribution in [1.82, 2.24) is 0 Å². The molecular weight excluding hydrogens is 427 g/mol. The summed E-state index contributed by atoms with van der Waals surface area (Å²) in [6.07, 6.45) is 2.72. The molecule has 0 amide bonds. The van der Waals surface area contributed by atoms with E-state index in [1.165, 1.54) is 12.1 Å². The maximum Gasteiger partial charge on any atom is 0.309 e. The SMILES string of the molecule is COCCOc1c(OC)cc(C(C)C)c(/C=C/[C@@H]2C[C@@H](O)CC(=O)O2)c1-c1ccc(F)cc1. The first-order valence-electron chi connectivity index (χ1n) is 11.0. The van der Waals surface area contributed by atoms with Gasteiger partial charge in [0, 0.05) is 19.1 Å². The standard InChI is InChI=1S/C26H31FO6/c1-16(2)22-15-23(31-4)26(32-12-11-30-3)25(17-5-7-18(27)8-6-17)21(22)10-9-20-13-19(28)14-24(29)33-20/h5-10,15-16,19-20,28H,11-14H2,1-4H3/b10-9+/t19-,20-/m1/s1. The smallest absolute Gasteiger partial charge is 0.309 e. The molecule has 0 bridgehead atoms. The van der Waals surface area contributed by atoms with E-state index in [2.05, 4.69) is 13.8 Å². The lowest BCUT2D eigenvalue weighted by Gasteiger charge is -2.25. The van der Waals surface area contributed by atoms with Gasteiger partial charge >= 0.3 is 5.97 Å². The summed E-state index contributed by atoms with van der Waals surface area (Å²) in [6.45, 7) is 4.82. The number of carbonyl (C=O) groups excluding carboxylic acids is 1. The number of methoxy groups -OCH3 is 2. The Balaban J connectivity index is 2.19. The van der Waals surface area contributed by atoms with Crippen LogP contribution in [-0.2, 0) is 14.3 Å². The second-order valence-corrected chi connectivity index (χ2v) is 8.27. The van der Waals surface area contributed by atoms with Crippen LogP contribution in [0.1, 0.15) is 43.7 Å². The van der Waals surface area contributed by atoms with Gasteiger partial charge in [0.15, 0.2) is 11.5 Å². The van der Waals surface area contributed by atoms with Crippen molar-refractivity contribution in [3.63, 3.8) is 0 Å². The second-order valence-electron chi connectivity index (χ2n) is 8.27. The molecule has 0 saturated carbocycles. The van der Waals surface area contributed by atoms with E-state index in [1.54, 1.807) is 32.4 Å². The van der Waals surface area contributed by atoms with Crippen molar-refractivity contribution < 1.29 is 33.2 Å². The van der Waals surface area contributed by atoms with Gasteiger partial charge in [0.05, 0.1) is 26.2 Å². The lowest BCUT2D eigenvalue weighted by atomic mass is 9.88. The Morgan fingerprint density at radius 3 is 2.55 bits per heavy atom. The summed E-state index contributed by atoms with van der Waals surface area (Å²) in [5, 5.41) is 9.96. The summed E-state index contributed by atoms with van der Waals surface area (Å²) in [6, 6.07) is 8.12. The summed E-state index contributed by atoms with van der Waals surface area (Å²) in [7, 11) is 3.17.